The van der Waals surface area contributed by atoms with Gasteiger partial charge < -0.3 is 0 Å². The molecule has 1 fully saturated rings. The molecule has 0 saturated carbocycles. The van der Waals surface area contributed by atoms with Gasteiger partial charge in [-0.05, 0) is 6.42 Å². The normalized spacial score (nSPS) is 19.8. The highest BCUT2D eigenvalue weighted by atomic mass is 35.7. The van der Waals surface area contributed by atoms with Crippen LogP contribution < -0.4 is 4.90 Å². The van der Waals surface area contributed by atoms with Crippen molar-refractivity contribution >= 4 is 42.1 Å². The molecule has 1 unspecified atom stereocenters. The van der Waals surface area contributed by atoms with Gasteiger partial charge in [0, 0.05) is 36.0 Å². The molecule has 1 aliphatic heterocycles. The van der Waals surface area contributed by atoms with E-state index < -0.39 is 9.05 Å². The van der Waals surface area contributed by atoms with Crippen LogP contribution in [-0.4, -0.2) is 36.8 Å². The van der Waals surface area contributed by atoms with E-state index in [1.165, 1.54) is 16.2 Å². The number of halogens is 1. The minimum absolute atomic E-state index is 0.117. The van der Waals surface area contributed by atoms with Crippen LogP contribution in [0.3, 0.4) is 0 Å². The third-order valence-electron chi connectivity index (χ3n) is 3.07. The van der Waals surface area contributed by atoms with Crippen molar-refractivity contribution in [1.29, 1.82) is 0 Å². The maximum absolute atomic E-state index is 11.9. The molecule has 0 bridgehead atoms. The molecule has 0 spiro atoms. The lowest BCUT2D eigenvalue weighted by Gasteiger charge is -2.11. The van der Waals surface area contributed by atoms with E-state index in [0.717, 1.165) is 24.3 Å². The first-order chi connectivity index (χ1) is 9.39. The van der Waals surface area contributed by atoms with Gasteiger partial charge in [-0.25, -0.2) is 8.42 Å². The van der Waals surface area contributed by atoms with Gasteiger partial charge >= 0.3 is 0 Å². The third kappa shape index (κ3) is 4.13. The second-order valence-electron chi connectivity index (χ2n) is 4.86. The van der Waals surface area contributed by atoms with E-state index in [4.69, 9.17) is 10.7 Å². The molecule has 1 saturated heterocycles. The van der Waals surface area contributed by atoms with Gasteiger partial charge in [0.1, 0.15) is 5.01 Å². The number of aryl methyl sites for hydroxylation is 1. The van der Waals surface area contributed by atoms with Crippen molar-refractivity contribution in [3.63, 3.8) is 0 Å². The highest BCUT2D eigenvalue weighted by Gasteiger charge is 2.34. The Labute approximate surface area is 126 Å². The summed E-state index contributed by atoms with van der Waals surface area (Å²) >= 11 is 1.39. The first-order valence-corrected chi connectivity index (χ1v) is 9.73. The monoisotopic (exact) mass is 337 g/mol. The Morgan fingerprint density at radius 3 is 2.85 bits per heavy atom. The molecular formula is C11H16ClN3O3S2. The number of rotatable bonds is 6. The Hall–Kier alpha value is -0.730. The van der Waals surface area contributed by atoms with Crippen molar-refractivity contribution in [2.75, 3.05) is 17.2 Å². The van der Waals surface area contributed by atoms with Gasteiger partial charge in [-0.1, -0.05) is 24.7 Å². The van der Waals surface area contributed by atoms with Crippen molar-refractivity contribution in [1.82, 2.24) is 10.2 Å². The van der Waals surface area contributed by atoms with Crippen molar-refractivity contribution in [3.05, 3.63) is 5.01 Å². The fourth-order valence-corrected chi connectivity index (χ4v) is 4.37. The van der Waals surface area contributed by atoms with Crippen LogP contribution in [0, 0.1) is 5.92 Å². The zero-order chi connectivity index (χ0) is 14.8. The number of anilines is 1. The highest BCUT2D eigenvalue weighted by Crippen LogP contribution is 2.29. The molecule has 20 heavy (non-hydrogen) atoms. The maximum atomic E-state index is 11.9. The quantitative estimate of drug-likeness (QED) is 0.739. The highest BCUT2D eigenvalue weighted by molar-refractivity contribution is 8.13. The molecule has 1 atom stereocenters. The molecule has 9 heteroatoms. The number of hydrogen-bond acceptors (Lipinski definition) is 6. The molecule has 1 amide bonds. The van der Waals surface area contributed by atoms with Gasteiger partial charge in [-0.15, -0.1) is 10.2 Å². The van der Waals surface area contributed by atoms with Gasteiger partial charge in [0.25, 0.3) is 0 Å². The summed E-state index contributed by atoms with van der Waals surface area (Å²) in [7, 11) is 1.65. The number of aromatic nitrogens is 2. The van der Waals surface area contributed by atoms with Gasteiger partial charge in [0.2, 0.25) is 20.1 Å². The number of unbranched alkanes of at least 4 members (excludes halogenated alkanes) is 1. The Bertz CT molecular complexity index is 587. The molecule has 112 valence electrons. The smallest absolute Gasteiger partial charge is 0.232 e. The molecule has 0 aliphatic carbocycles. The Morgan fingerprint density at radius 2 is 2.20 bits per heavy atom. The summed E-state index contributed by atoms with van der Waals surface area (Å²) in [5, 5.41) is 9.54. The van der Waals surface area contributed by atoms with Crippen molar-refractivity contribution < 1.29 is 13.2 Å². The lowest BCUT2D eigenvalue weighted by Crippen LogP contribution is -2.25. The summed E-state index contributed by atoms with van der Waals surface area (Å²) in [5.74, 6) is -0.570. The summed E-state index contributed by atoms with van der Waals surface area (Å²) in [6.45, 7) is 2.44. The summed E-state index contributed by atoms with van der Waals surface area (Å²) in [6.07, 6.45) is 3.16. The molecule has 1 aliphatic rings. The lowest BCUT2D eigenvalue weighted by atomic mass is 10.1. The Morgan fingerprint density at radius 1 is 1.45 bits per heavy atom. The fourth-order valence-electron chi connectivity index (χ4n) is 2.14. The van der Waals surface area contributed by atoms with E-state index in [1.807, 2.05) is 0 Å². The van der Waals surface area contributed by atoms with E-state index in [0.29, 0.717) is 11.7 Å². The largest absolute Gasteiger partial charge is 0.286 e. The Kier molecular flexibility index (Phi) is 4.98. The topological polar surface area (TPSA) is 80.2 Å². The number of amides is 1. The van der Waals surface area contributed by atoms with E-state index in [2.05, 4.69) is 17.1 Å². The van der Waals surface area contributed by atoms with Crippen LogP contribution in [0.1, 0.15) is 31.2 Å². The predicted octanol–water partition coefficient (Wildman–Crippen LogP) is 1.80. The lowest BCUT2D eigenvalue weighted by molar-refractivity contribution is -0.117. The van der Waals surface area contributed by atoms with E-state index in [-0.39, 0.29) is 24.0 Å². The number of hydrogen-bond donors (Lipinski definition) is 0. The average Bonchev–Trinajstić information content (AvgIpc) is 2.91. The van der Waals surface area contributed by atoms with Crippen molar-refractivity contribution in [2.24, 2.45) is 5.92 Å². The second kappa shape index (κ2) is 6.36. The van der Waals surface area contributed by atoms with Gasteiger partial charge in [0.15, 0.2) is 0 Å². The molecule has 0 aromatic carbocycles. The molecule has 1 aromatic rings. The van der Waals surface area contributed by atoms with E-state index >= 15 is 0 Å². The second-order valence-corrected chi connectivity index (χ2v) is 8.72. The van der Waals surface area contributed by atoms with Crippen LogP contribution in [-0.2, 0) is 20.3 Å². The summed E-state index contributed by atoms with van der Waals surface area (Å²) in [4.78, 5) is 13.4. The first-order valence-electron chi connectivity index (χ1n) is 6.44. The van der Waals surface area contributed by atoms with Gasteiger partial charge in [-0.3, -0.25) is 9.69 Å². The molecule has 6 nitrogen and oxygen atoms in total. The average molecular weight is 338 g/mol. The van der Waals surface area contributed by atoms with Crippen LogP contribution >= 0.6 is 22.0 Å². The van der Waals surface area contributed by atoms with Crippen LogP contribution in [0.15, 0.2) is 0 Å². The zero-order valence-corrected chi connectivity index (χ0v) is 13.5. The molecule has 0 radical (unpaired) electrons. The standard InChI is InChI=1S/C11H16ClN3O3S2/c1-2-3-4-9-13-14-11(19-9)15-6-8(5-10(15)16)7-20(12,17)18/h8H,2-7H2,1H3. The maximum Gasteiger partial charge on any atom is 0.232 e. The molecule has 0 N–H and O–H groups in total. The van der Waals surface area contributed by atoms with Crippen LogP contribution in [0.5, 0.6) is 0 Å². The van der Waals surface area contributed by atoms with Crippen LogP contribution in [0.2, 0.25) is 0 Å². The SMILES string of the molecule is CCCCc1nnc(N2CC(CS(=O)(=O)Cl)CC2=O)s1. The van der Waals surface area contributed by atoms with E-state index in [1.54, 1.807) is 0 Å². The molecule has 2 heterocycles. The van der Waals surface area contributed by atoms with Crippen molar-refractivity contribution in [2.45, 2.75) is 32.6 Å². The Balaban J connectivity index is 2.02. The van der Waals surface area contributed by atoms with Crippen LogP contribution in [0.25, 0.3) is 0 Å². The minimum Gasteiger partial charge on any atom is -0.286 e. The first kappa shape index (κ1) is 15.7. The number of carbonyl (C=O) groups excluding carboxylic acids is 1. The number of nitrogens with zero attached hydrogens (tertiary/aromatic N) is 3. The summed E-state index contributed by atoms with van der Waals surface area (Å²) < 4.78 is 22.1. The summed E-state index contributed by atoms with van der Waals surface area (Å²) in [5.41, 5.74) is 0. The van der Waals surface area contributed by atoms with Crippen molar-refractivity contribution in [3.8, 4) is 0 Å². The zero-order valence-electron chi connectivity index (χ0n) is 11.1. The number of carbonyl (C=O) groups is 1. The molecule has 1 aromatic heterocycles. The van der Waals surface area contributed by atoms with Crippen LogP contribution in [0.4, 0.5) is 5.13 Å². The fraction of sp³-hybridized carbons (Fsp3) is 0.727. The summed E-state index contributed by atoms with van der Waals surface area (Å²) in [6, 6.07) is 0. The van der Waals surface area contributed by atoms with Gasteiger partial charge in [0.05, 0.1) is 5.75 Å². The van der Waals surface area contributed by atoms with Gasteiger partial charge in [-0.2, -0.15) is 0 Å². The molecule has 2 rings (SSSR count). The predicted molar refractivity (Wildman–Crippen MR) is 78.6 cm³/mol. The van der Waals surface area contributed by atoms with E-state index in [9.17, 15) is 13.2 Å². The minimum atomic E-state index is -3.58. The third-order valence-corrected chi connectivity index (χ3v) is 5.32. The molecular weight excluding hydrogens is 322 g/mol.